The van der Waals surface area contributed by atoms with Gasteiger partial charge in [-0.2, -0.15) is 0 Å². The minimum Gasteiger partial charge on any atom is -0.497 e. The number of aryl methyl sites for hydroxylation is 2. The average molecular weight is 252 g/mol. The molecule has 3 heteroatoms. The lowest BCUT2D eigenvalue weighted by Crippen LogP contribution is -1.86. The van der Waals surface area contributed by atoms with Crippen LogP contribution in [0.3, 0.4) is 0 Å². The van der Waals surface area contributed by atoms with Crippen LogP contribution in [0.2, 0.25) is 0 Å². The summed E-state index contributed by atoms with van der Waals surface area (Å²) in [7, 11) is 1.67. The topological polar surface area (TPSA) is 26.5 Å². The molecule has 0 aliphatic rings. The predicted molar refractivity (Wildman–Crippen MR) is 76.7 cm³/mol. The highest BCUT2D eigenvalue weighted by Crippen LogP contribution is 2.23. The molecule has 3 aromatic rings. The summed E-state index contributed by atoms with van der Waals surface area (Å²) >= 11 is 0. The Hall–Kier alpha value is -2.29. The zero-order valence-electron chi connectivity index (χ0n) is 11.3. The maximum Gasteiger partial charge on any atom is 0.141 e. The van der Waals surface area contributed by atoms with Crippen LogP contribution in [-0.2, 0) is 0 Å². The molecule has 0 spiro atoms. The number of hydrogen-bond acceptors (Lipinski definition) is 2. The van der Waals surface area contributed by atoms with Crippen molar-refractivity contribution < 1.29 is 4.74 Å². The number of fused-ring (bicyclic) bond motifs is 1. The molecule has 0 aliphatic heterocycles. The molecule has 2 aromatic heterocycles. The number of pyridine rings is 1. The molecule has 2 heterocycles. The Morgan fingerprint density at radius 2 is 1.89 bits per heavy atom. The van der Waals surface area contributed by atoms with Crippen molar-refractivity contribution in [1.82, 2.24) is 9.38 Å². The highest BCUT2D eigenvalue weighted by atomic mass is 16.5. The van der Waals surface area contributed by atoms with E-state index in [9.17, 15) is 0 Å². The van der Waals surface area contributed by atoms with Gasteiger partial charge in [-0.15, -0.1) is 0 Å². The first-order chi connectivity index (χ1) is 9.17. The molecular weight excluding hydrogens is 236 g/mol. The summed E-state index contributed by atoms with van der Waals surface area (Å²) in [4.78, 5) is 4.65. The molecule has 3 rings (SSSR count). The lowest BCUT2D eigenvalue weighted by molar-refractivity contribution is 0.414. The normalized spacial score (nSPS) is 10.9. The maximum atomic E-state index is 5.22. The van der Waals surface area contributed by atoms with Gasteiger partial charge in [0, 0.05) is 24.0 Å². The third-order valence-electron chi connectivity index (χ3n) is 3.47. The van der Waals surface area contributed by atoms with Crippen molar-refractivity contribution in [2.75, 3.05) is 7.11 Å². The number of ether oxygens (including phenoxy) is 1. The van der Waals surface area contributed by atoms with E-state index in [1.807, 2.05) is 28.9 Å². The number of hydrogen-bond donors (Lipinski definition) is 0. The molecular formula is C16H16N2O. The zero-order chi connectivity index (χ0) is 13.4. The fraction of sp³-hybridized carbons (Fsp3) is 0.188. The third kappa shape index (κ3) is 2.08. The van der Waals surface area contributed by atoms with Crippen LogP contribution in [0.5, 0.6) is 5.75 Å². The van der Waals surface area contributed by atoms with E-state index in [2.05, 4.69) is 37.0 Å². The highest BCUT2D eigenvalue weighted by molar-refractivity contribution is 5.64. The van der Waals surface area contributed by atoms with Gasteiger partial charge in [0.15, 0.2) is 0 Å². The first-order valence-corrected chi connectivity index (χ1v) is 6.28. The third-order valence-corrected chi connectivity index (χ3v) is 3.47. The first kappa shape index (κ1) is 11.8. The van der Waals surface area contributed by atoms with Gasteiger partial charge in [0.25, 0.3) is 0 Å². The molecule has 0 unspecified atom stereocenters. The van der Waals surface area contributed by atoms with Crippen LogP contribution in [-0.4, -0.2) is 16.5 Å². The number of methoxy groups -OCH3 is 1. The molecule has 1 aromatic carbocycles. The lowest BCUT2D eigenvalue weighted by Gasteiger charge is -2.01. The van der Waals surface area contributed by atoms with Crippen molar-refractivity contribution >= 4 is 5.65 Å². The van der Waals surface area contributed by atoms with Gasteiger partial charge in [0.05, 0.1) is 12.8 Å². The number of nitrogens with zero attached hydrogens (tertiary/aromatic N) is 2. The molecule has 0 radical (unpaired) electrons. The molecule has 0 saturated carbocycles. The van der Waals surface area contributed by atoms with Crippen molar-refractivity contribution in [3.05, 3.63) is 53.9 Å². The van der Waals surface area contributed by atoms with Gasteiger partial charge in [-0.3, -0.25) is 0 Å². The minimum atomic E-state index is 0.824. The quantitative estimate of drug-likeness (QED) is 0.696. The number of imidazole rings is 1. The fourth-order valence-electron chi connectivity index (χ4n) is 2.13. The molecule has 96 valence electrons. The van der Waals surface area contributed by atoms with Crippen LogP contribution < -0.4 is 4.74 Å². The lowest BCUT2D eigenvalue weighted by atomic mass is 10.1. The van der Waals surface area contributed by atoms with Gasteiger partial charge >= 0.3 is 0 Å². The first-order valence-electron chi connectivity index (χ1n) is 6.28. The van der Waals surface area contributed by atoms with Crippen molar-refractivity contribution in [1.29, 1.82) is 0 Å². The standard InChI is InChI=1S/C16H16N2O/c1-11-4-5-13(8-12(11)2)15-10-18-7-6-14(19-3)9-16(18)17-15/h4-10H,1-3H3. The van der Waals surface area contributed by atoms with E-state index in [1.54, 1.807) is 7.11 Å². The molecule has 19 heavy (non-hydrogen) atoms. The van der Waals surface area contributed by atoms with Crippen LogP contribution in [0.15, 0.2) is 42.7 Å². The van der Waals surface area contributed by atoms with Gasteiger partial charge in [0.2, 0.25) is 0 Å². The van der Waals surface area contributed by atoms with Crippen LogP contribution >= 0.6 is 0 Å². The van der Waals surface area contributed by atoms with Crippen LogP contribution in [0, 0.1) is 13.8 Å². The summed E-state index contributed by atoms with van der Waals surface area (Å²) in [6.45, 7) is 4.24. The Morgan fingerprint density at radius 1 is 1.05 bits per heavy atom. The fourth-order valence-corrected chi connectivity index (χ4v) is 2.13. The Labute approximate surface area is 112 Å². The summed E-state index contributed by atoms with van der Waals surface area (Å²) in [5, 5.41) is 0. The molecule has 0 amide bonds. The number of aromatic nitrogens is 2. The van der Waals surface area contributed by atoms with Crippen molar-refractivity contribution in [3.63, 3.8) is 0 Å². The summed E-state index contributed by atoms with van der Waals surface area (Å²) < 4.78 is 7.23. The molecule has 0 saturated heterocycles. The van der Waals surface area contributed by atoms with Gasteiger partial charge in [-0.05, 0) is 37.1 Å². The van der Waals surface area contributed by atoms with Gasteiger partial charge in [-0.25, -0.2) is 4.98 Å². The Morgan fingerprint density at radius 3 is 2.63 bits per heavy atom. The van der Waals surface area contributed by atoms with E-state index in [4.69, 9.17) is 4.74 Å². The molecule has 0 fully saturated rings. The van der Waals surface area contributed by atoms with Crippen molar-refractivity contribution in [3.8, 4) is 17.0 Å². The maximum absolute atomic E-state index is 5.22. The van der Waals surface area contributed by atoms with E-state index in [0.717, 1.165) is 22.7 Å². The summed E-state index contributed by atoms with van der Waals surface area (Å²) in [6.07, 6.45) is 4.00. The summed E-state index contributed by atoms with van der Waals surface area (Å²) in [5.41, 5.74) is 5.61. The average Bonchev–Trinajstić information content (AvgIpc) is 2.84. The monoisotopic (exact) mass is 252 g/mol. The SMILES string of the molecule is COc1ccn2cc(-c3ccc(C)c(C)c3)nc2c1. The zero-order valence-corrected chi connectivity index (χ0v) is 11.3. The van der Waals surface area contributed by atoms with E-state index < -0.39 is 0 Å². The predicted octanol–water partition coefficient (Wildman–Crippen LogP) is 3.63. The highest BCUT2D eigenvalue weighted by Gasteiger charge is 2.06. The van der Waals surface area contributed by atoms with Gasteiger partial charge in [-0.1, -0.05) is 12.1 Å². The van der Waals surface area contributed by atoms with E-state index in [-0.39, 0.29) is 0 Å². The number of rotatable bonds is 2. The van der Waals surface area contributed by atoms with E-state index >= 15 is 0 Å². The largest absolute Gasteiger partial charge is 0.497 e. The molecule has 3 nitrogen and oxygen atoms in total. The molecule has 0 N–H and O–H groups in total. The summed E-state index contributed by atoms with van der Waals surface area (Å²) in [5.74, 6) is 0.824. The second-order valence-corrected chi connectivity index (χ2v) is 4.76. The van der Waals surface area contributed by atoms with Crippen molar-refractivity contribution in [2.24, 2.45) is 0 Å². The second-order valence-electron chi connectivity index (χ2n) is 4.76. The van der Waals surface area contributed by atoms with Crippen molar-refractivity contribution in [2.45, 2.75) is 13.8 Å². The molecule has 0 atom stereocenters. The Kier molecular flexibility index (Phi) is 2.75. The van der Waals surface area contributed by atoms with E-state index in [1.165, 1.54) is 11.1 Å². The van der Waals surface area contributed by atoms with Gasteiger partial charge < -0.3 is 9.14 Å². The number of benzene rings is 1. The molecule has 0 bridgehead atoms. The Balaban J connectivity index is 2.11. The van der Waals surface area contributed by atoms with Crippen LogP contribution in [0.4, 0.5) is 0 Å². The van der Waals surface area contributed by atoms with Gasteiger partial charge in [0.1, 0.15) is 11.4 Å². The Bertz CT molecular complexity index is 744. The smallest absolute Gasteiger partial charge is 0.141 e. The van der Waals surface area contributed by atoms with Crippen LogP contribution in [0.25, 0.3) is 16.9 Å². The molecule has 0 aliphatic carbocycles. The van der Waals surface area contributed by atoms with Crippen LogP contribution in [0.1, 0.15) is 11.1 Å². The second kappa shape index (κ2) is 4.43. The minimum absolute atomic E-state index is 0.824. The van der Waals surface area contributed by atoms with E-state index in [0.29, 0.717) is 0 Å². The summed E-state index contributed by atoms with van der Waals surface area (Å²) in [6, 6.07) is 10.3.